The average molecular weight is 284 g/mol. The summed E-state index contributed by atoms with van der Waals surface area (Å²) in [6.07, 6.45) is 2.33. The molecule has 0 fully saturated rings. The predicted octanol–water partition coefficient (Wildman–Crippen LogP) is 4.80. The van der Waals surface area contributed by atoms with Gasteiger partial charge in [0.15, 0.2) is 0 Å². The molecule has 0 saturated heterocycles. The summed E-state index contributed by atoms with van der Waals surface area (Å²) in [5.74, 6) is 2.67. The van der Waals surface area contributed by atoms with Crippen molar-refractivity contribution in [1.82, 2.24) is 9.97 Å². The summed E-state index contributed by atoms with van der Waals surface area (Å²) in [6.45, 7) is 12.8. The van der Waals surface area contributed by atoms with Crippen LogP contribution in [0.4, 0.5) is 5.82 Å². The topological polar surface area (TPSA) is 37.8 Å². The minimum absolute atomic E-state index is 0.281. The molecular formula is C15H26ClN3. The molecule has 0 aliphatic rings. The highest BCUT2D eigenvalue weighted by Crippen LogP contribution is 2.24. The monoisotopic (exact) mass is 283 g/mol. The summed E-state index contributed by atoms with van der Waals surface area (Å²) in [6, 6.07) is 0.389. The summed E-state index contributed by atoms with van der Waals surface area (Å²) >= 11 is 6.19. The fraction of sp³-hybridized carbons (Fsp3) is 0.733. The molecule has 1 N–H and O–H groups in total. The third-order valence-corrected chi connectivity index (χ3v) is 3.82. The highest BCUT2D eigenvalue weighted by molar-refractivity contribution is 6.30. The molecule has 2 unspecified atom stereocenters. The smallest absolute Gasteiger partial charge is 0.137 e. The molecule has 0 saturated carbocycles. The molecule has 0 aliphatic carbocycles. The summed E-state index contributed by atoms with van der Waals surface area (Å²) in [7, 11) is 0. The number of rotatable bonds is 6. The van der Waals surface area contributed by atoms with E-state index in [9.17, 15) is 0 Å². The van der Waals surface area contributed by atoms with Crippen LogP contribution in [0.1, 0.15) is 64.8 Å². The number of hydrogen-bond donors (Lipinski definition) is 1. The molecular weight excluding hydrogens is 258 g/mol. The van der Waals surface area contributed by atoms with Gasteiger partial charge in [0.1, 0.15) is 16.8 Å². The van der Waals surface area contributed by atoms with Crippen LogP contribution in [0.15, 0.2) is 0 Å². The van der Waals surface area contributed by atoms with Crippen molar-refractivity contribution in [1.29, 1.82) is 0 Å². The van der Waals surface area contributed by atoms with Gasteiger partial charge in [0.05, 0.1) is 0 Å². The van der Waals surface area contributed by atoms with E-state index in [0.29, 0.717) is 17.1 Å². The molecule has 1 aromatic rings. The largest absolute Gasteiger partial charge is 0.367 e. The quantitative estimate of drug-likeness (QED) is 0.762. The molecule has 3 nitrogen and oxygen atoms in total. The van der Waals surface area contributed by atoms with Crippen LogP contribution in [0.3, 0.4) is 0 Å². The third-order valence-electron chi connectivity index (χ3n) is 3.46. The van der Waals surface area contributed by atoms with Gasteiger partial charge < -0.3 is 5.32 Å². The lowest BCUT2D eigenvalue weighted by Crippen LogP contribution is -2.20. The van der Waals surface area contributed by atoms with E-state index in [1.165, 1.54) is 6.42 Å². The Kier molecular flexibility index (Phi) is 6.05. The van der Waals surface area contributed by atoms with E-state index in [1.807, 2.05) is 6.92 Å². The minimum Gasteiger partial charge on any atom is -0.367 e. The molecule has 0 amide bonds. The molecule has 1 heterocycles. The maximum absolute atomic E-state index is 6.19. The second-order valence-corrected chi connectivity index (χ2v) is 6.15. The van der Waals surface area contributed by atoms with Crippen molar-refractivity contribution in [2.75, 3.05) is 5.32 Å². The Hall–Kier alpha value is -0.830. The number of anilines is 1. The van der Waals surface area contributed by atoms with Crippen molar-refractivity contribution in [3.63, 3.8) is 0 Å². The van der Waals surface area contributed by atoms with Crippen LogP contribution in [-0.2, 0) is 0 Å². The van der Waals surface area contributed by atoms with Gasteiger partial charge >= 0.3 is 0 Å². The number of aromatic nitrogens is 2. The van der Waals surface area contributed by atoms with Crippen LogP contribution in [0.2, 0.25) is 5.15 Å². The fourth-order valence-corrected chi connectivity index (χ4v) is 2.14. The lowest BCUT2D eigenvalue weighted by Gasteiger charge is -2.20. The number of hydrogen-bond acceptors (Lipinski definition) is 3. The molecule has 1 rings (SSSR count). The van der Waals surface area contributed by atoms with E-state index in [1.54, 1.807) is 0 Å². The van der Waals surface area contributed by atoms with Crippen molar-refractivity contribution >= 4 is 17.4 Å². The lowest BCUT2D eigenvalue weighted by molar-refractivity contribution is 0.483. The SMILES string of the molecule is CCC(C)CC(C)Nc1nc(C(C)C)nc(Cl)c1C. The van der Waals surface area contributed by atoms with Crippen molar-refractivity contribution < 1.29 is 0 Å². The molecule has 0 aromatic carbocycles. The standard InChI is InChI=1S/C15H26ClN3/c1-7-10(4)8-11(5)17-15-12(6)13(16)18-14(19-15)9(2)3/h9-11H,7-8H2,1-6H3,(H,17,18,19). The minimum atomic E-state index is 0.281. The molecule has 0 aliphatic heterocycles. The van der Waals surface area contributed by atoms with Crippen molar-refractivity contribution in [3.05, 3.63) is 16.5 Å². The fourth-order valence-electron chi connectivity index (χ4n) is 1.97. The number of nitrogens with one attached hydrogen (secondary N) is 1. The molecule has 1 aromatic heterocycles. The van der Waals surface area contributed by atoms with Crippen molar-refractivity contribution in [3.8, 4) is 0 Å². The van der Waals surface area contributed by atoms with E-state index < -0.39 is 0 Å². The van der Waals surface area contributed by atoms with Gasteiger partial charge in [-0.2, -0.15) is 0 Å². The predicted molar refractivity (Wildman–Crippen MR) is 83.0 cm³/mol. The van der Waals surface area contributed by atoms with E-state index in [-0.39, 0.29) is 5.92 Å². The van der Waals surface area contributed by atoms with Gasteiger partial charge in [-0.1, -0.05) is 45.7 Å². The first-order chi connectivity index (χ1) is 8.85. The maximum Gasteiger partial charge on any atom is 0.137 e. The van der Waals surface area contributed by atoms with E-state index in [2.05, 4.69) is 49.9 Å². The zero-order valence-corrected chi connectivity index (χ0v) is 13.7. The Morgan fingerprint density at radius 1 is 1.16 bits per heavy atom. The van der Waals surface area contributed by atoms with Crippen molar-refractivity contribution in [2.45, 2.75) is 66.3 Å². The number of halogens is 1. The molecule has 0 radical (unpaired) electrons. The lowest BCUT2D eigenvalue weighted by atomic mass is 10.0. The van der Waals surface area contributed by atoms with Crippen LogP contribution < -0.4 is 5.32 Å². The highest BCUT2D eigenvalue weighted by Gasteiger charge is 2.14. The Balaban J connectivity index is 2.87. The molecule has 4 heteroatoms. The van der Waals surface area contributed by atoms with Gasteiger partial charge in [-0.05, 0) is 26.2 Å². The zero-order valence-electron chi connectivity index (χ0n) is 12.9. The Morgan fingerprint density at radius 2 is 1.79 bits per heavy atom. The first kappa shape index (κ1) is 16.2. The second-order valence-electron chi connectivity index (χ2n) is 5.80. The van der Waals surface area contributed by atoms with Gasteiger partial charge in [0.2, 0.25) is 0 Å². The van der Waals surface area contributed by atoms with Crippen LogP contribution in [0.25, 0.3) is 0 Å². The van der Waals surface area contributed by atoms with Crippen LogP contribution in [0, 0.1) is 12.8 Å². The van der Waals surface area contributed by atoms with Gasteiger partial charge in [-0.25, -0.2) is 9.97 Å². The number of nitrogens with zero attached hydrogens (tertiary/aromatic N) is 2. The molecule has 2 atom stereocenters. The average Bonchev–Trinajstić information content (AvgIpc) is 2.34. The summed E-state index contributed by atoms with van der Waals surface area (Å²) in [4.78, 5) is 8.93. The van der Waals surface area contributed by atoms with E-state index in [0.717, 1.165) is 23.6 Å². The Morgan fingerprint density at radius 3 is 2.32 bits per heavy atom. The van der Waals surface area contributed by atoms with Gasteiger partial charge in [-0.3, -0.25) is 0 Å². The zero-order chi connectivity index (χ0) is 14.6. The van der Waals surface area contributed by atoms with E-state index in [4.69, 9.17) is 11.6 Å². The van der Waals surface area contributed by atoms with Gasteiger partial charge in [0.25, 0.3) is 0 Å². The molecule has 0 bridgehead atoms. The third kappa shape index (κ3) is 4.64. The summed E-state index contributed by atoms with van der Waals surface area (Å²) in [5, 5.41) is 4.03. The van der Waals surface area contributed by atoms with Gasteiger partial charge in [0, 0.05) is 17.5 Å². The van der Waals surface area contributed by atoms with Crippen LogP contribution >= 0.6 is 11.6 Å². The van der Waals surface area contributed by atoms with Crippen molar-refractivity contribution in [2.24, 2.45) is 5.92 Å². The molecule has 0 spiro atoms. The highest BCUT2D eigenvalue weighted by atomic mass is 35.5. The van der Waals surface area contributed by atoms with E-state index >= 15 is 0 Å². The summed E-state index contributed by atoms with van der Waals surface area (Å²) < 4.78 is 0. The Bertz CT molecular complexity index is 418. The first-order valence-electron chi connectivity index (χ1n) is 7.15. The normalized spacial score (nSPS) is 14.5. The molecule has 108 valence electrons. The maximum atomic E-state index is 6.19. The molecule has 19 heavy (non-hydrogen) atoms. The second kappa shape index (κ2) is 7.09. The van der Waals surface area contributed by atoms with Gasteiger partial charge in [-0.15, -0.1) is 0 Å². The van der Waals surface area contributed by atoms with Crippen LogP contribution in [-0.4, -0.2) is 16.0 Å². The Labute approximate surface area is 122 Å². The van der Waals surface area contributed by atoms with Crippen LogP contribution in [0.5, 0.6) is 0 Å². The first-order valence-corrected chi connectivity index (χ1v) is 7.53. The summed E-state index contributed by atoms with van der Waals surface area (Å²) in [5.41, 5.74) is 0.932.